The Morgan fingerprint density at radius 1 is 1.26 bits per heavy atom. The first-order valence-corrected chi connectivity index (χ1v) is 7.04. The zero-order valence-corrected chi connectivity index (χ0v) is 11.2. The van der Waals surface area contributed by atoms with Crippen molar-refractivity contribution in [3.05, 3.63) is 29.8 Å². The largest absolute Gasteiger partial charge is 0.399 e. The summed E-state index contributed by atoms with van der Waals surface area (Å²) in [6.07, 6.45) is 2.98. The normalized spacial score (nSPS) is 22.1. The monoisotopic (exact) mass is 259 g/mol. The summed E-state index contributed by atoms with van der Waals surface area (Å²) in [5.41, 5.74) is 7.60. The highest BCUT2D eigenvalue weighted by atomic mass is 16.2. The third-order valence-electron chi connectivity index (χ3n) is 4.49. The van der Waals surface area contributed by atoms with E-state index >= 15 is 0 Å². The van der Waals surface area contributed by atoms with Gasteiger partial charge >= 0.3 is 0 Å². The summed E-state index contributed by atoms with van der Waals surface area (Å²) in [5.74, 6) is 0.344. The molecule has 2 fully saturated rings. The van der Waals surface area contributed by atoms with Crippen LogP contribution in [0.4, 0.5) is 5.69 Å². The molecule has 0 radical (unpaired) electrons. The smallest absolute Gasteiger partial charge is 0.229 e. The molecule has 1 amide bonds. The summed E-state index contributed by atoms with van der Waals surface area (Å²) in [5, 5.41) is 3.34. The SMILES string of the molecule is Nc1cccc(CN2CCC3(CCNCC3)C2=O)c1. The van der Waals surface area contributed by atoms with Crippen LogP contribution in [0.3, 0.4) is 0 Å². The number of nitrogens with zero attached hydrogens (tertiary/aromatic N) is 1. The first kappa shape index (κ1) is 12.5. The molecule has 102 valence electrons. The second kappa shape index (κ2) is 4.85. The molecule has 0 saturated carbocycles. The molecule has 3 rings (SSSR count). The average molecular weight is 259 g/mol. The van der Waals surface area contributed by atoms with E-state index in [2.05, 4.69) is 5.32 Å². The van der Waals surface area contributed by atoms with E-state index in [0.29, 0.717) is 12.5 Å². The number of nitrogen functional groups attached to an aromatic ring is 1. The molecule has 19 heavy (non-hydrogen) atoms. The molecular formula is C15H21N3O. The number of piperidine rings is 1. The lowest BCUT2D eigenvalue weighted by Crippen LogP contribution is -2.42. The molecule has 0 unspecified atom stereocenters. The topological polar surface area (TPSA) is 58.4 Å². The Morgan fingerprint density at radius 2 is 2.05 bits per heavy atom. The highest BCUT2D eigenvalue weighted by Crippen LogP contribution is 2.40. The first-order valence-electron chi connectivity index (χ1n) is 7.04. The second-order valence-corrected chi connectivity index (χ2v) is 5.75. The van der Waals surface area contributed by atoms with Crippen LogP contribution in [0.5, 0.6) is 0 Å². The molecule has 0 bridgehead atoms. The number of rotatable bonds is 2. The lowest BCUT2D eigenvalue weighted by atomic mass is 9.78. The molecule has 4 nitrogen and oxygen atoms in total. The number of nitrogens with two attached hydrogens (primary N) is 1. The fourth-order valence-electron chi connectivity index (χ4n) is 3.32. The van der Waals surface area contributed by atoms with Crippen molar-refractivity contribution in [2.75, 3.05) is 25.4 Å². The zero-order valence-electron chi connectivity index (χ0n) is 11.2. The van der Waals surface area contributed by atoms with Crippen LogP contribution in [0.1, 0.15) is 24.8 Å². The molecule has 2 aliphatic heterocycles. The van der Waals surface area contributed by atoms with Crippen LogP contribution >= 0.6 is 0 Å². The molecule has 2 aliphatic rings. The van der Waals surface area contributed by atoms with Gasteiger partial charge in [0.2, 0.25) is 5.91 Å². The lowest BCUT2D eigenvalue weighted by Gasteiger charge is -2.32. The van der Waals surface area contributed by atoms with Crippen LogP contribution in [0, 0.1) is 5.41 Å². The van der Waals surface area contributed by atoms with Gasteiger partial charge in [-0.3, -0.25) is 4.79 Å². The van der Waals surface area contributed by atoms with Gasteiger partial charge in [0.05, 0.1) is 5.41 Å². The molecule has 1 spiro atoms. The number of nitrogens with one attached hydrogen (secondary N) is 1. The van der Waals surface area contributed by atoms with E-state index in [9.17, 15) is 4.79 Å². The summed E-state index contributed by atoms with van der Waals surface area (Å²) >= 11 is 0. The van der Waals surface area contributed by atoms with Gasteiger partial charge < -0.3 is 16.0 Å². The van der Waals surface area contributed by atoms with Crippen molar-refractivity contribution < 1.29 is 4.79 Å². The van der Waals surface area contributed by atoms with Gasteiger partial charge in [0.15, 0.2) is 0 Å². The van der Waals surface area contributed by atoms with Gasteiger partial charge in [-0.15, -0.1) is 0 Å². The quantitative estimate of drug-likeness (QED) is 0.789. The molecule has 3 N–H and O–H groups in total. The summed E-state index contributed by atoms with van der Waals surface area (Å²) in [6, 6.07) is 7.83. The summed E-state index contributed by atoms with van der Waals surface area (Å²) in [6.45, 7) is 3.52. The van der Waals surface area contributed by atoms with Crippen molar-refractivity contribution in [2.45, 2.75) is 25.8 Å². The molecule has 4 heteroatoms. The van der Waals surface area contributed by atoms with E-state index in [4.69, 9.17) is 5.73 Å². The van der Waals surface area contributed by atoms with Gasteiger partial charge in [0.1, 0.15) is 0 Å². The molecule has 1 aromatic rings. The number of carbonyl (C=O) groups excluding carboxylic acids is 1. The van der Waals surface area contributed by atoms with Crippen molar-refractivity contribution in [3.8, 4) is 0 Å². The Bertz CT molecular complexity index is 480. The van der Waals surface area contributed by atoms with Gasteiger partial charge in [0, 0.05) is 18.8 Å². The highest BCUT2D eigenvalue weighted by molar-refractivity contribution is 5.85. The Morgan fingerprint density at radius 3 is 2.79 bits per heavy atom. The van der Waals surface area contributed by atoms with Crippen molar-refractivity contribution in [1.82, 2.24) is 10.2 Å². The van der Waals surface area contributed by atoms with Crippen molar-refractivity contribution in [3.63, 3.8) is 0 Å². The van der Waals surface area contributed by atoms with E-state index in [-0.39, 0.29) is 5.41 Å². The van der Waals surface area contributed by atoms with Gasteiger partial charge in [0.25, 0.3) is 0 Å². The Kier molecular flexibility index (Phi) is 3.19. The minimum absolute atomic E-state index is 0.0778. The Hall–Kier alpha value is -1.55. The summed E-state index contributed by atoms with van der Waals surface area (Å²) in [4.78, 5) is 14.6. The van der Waals surface area contributed by atoms with Crippen LogP contribution in [0.25, 0.3) is 0 Å². The lowest BCUT2D eigenvalue weighted by molar-refractivity contribution is -0.137. The fraction of sp³-hybridized carbons (Fsp3) is 0.533. The molecule has 1 aromatic carbocycles. The first-order chi connectivity index (χ1) is 9.20. The van der Waals surface area contributed by atoms with Crippen LogP contribution in [0.2, 0.25) is 0 Å². The standard InChI is InChI=1S/C15H21N3O/c16-13-3-1-2-12(10-13)11-18-9-6-15(14(18)19)4-7-17-8-5-15/h1-3,10,17H,4-9,11,16H2. The van der Waals surface area contributed by atoms with Gasteiger partial charge in [-0.1, -0.05) is 12.1 Å². The van der Waals surface area contributed by atoms with Crippen molar-refractivity contribution in [2.24, 2.45) is 5.41 Å². The maximum atomic E-state index is 12.6. The molecular weight excluding hydrogens is 238 g/mol. The predicted octanol–water partition coefficient (Wildman–Crippen LogP) is 1.37. The second-order valence-electron chi connectivity index (χ2n) is 5.75. The van der Waals surface area contributed by atoms with Gasteiger partial charge in [-0.05, 0) is 50.0 Å². The fourth-order valence-corrected chi connectivity index (χ4v) is 3.32. The predicted molar refractivity (Wildman–Crippen MR) is 75.4 cm³/mol. The number of hydrogen-bond acceptors (Lipinski definition) is 3. The van der Waals surface area contributed by atoms with E-state index in [0.717, 1.165) is 50.1 Å². The molecule has 0 atom stereocenters. The molecule has 2 heterocycles. The number of anilines is 1. The third kappa shape index (κ3) is 2.32. The minimum Gasteiger partial charge on any atom is -0.399 e. The Labute approximate surface area is 114 Å². The van der Waals surface area contributed by atoms with E-state index < -0.39 is 0 Å². The third-order valence-corrected chi connectivity index (χ3v) is 4.49. The van der Waals surface area contributed by atoms with Crippen LogP contribution in [-0.4, -0.2) is 30.4 Å². The van der Waals surface area contributed by atoms with Crippen molar-refractivity contribution in [1.29, 1.82) is 0 Å². The maximum Gasteiger partial charge on any atom is 0.229 e. The maximum absolute atomic E-state index is 12.6. The van der Waals surface area contributed by atoms with Crippen LogP contribution in [-0.2, 0) is 11.3 Å². The van der Waals surface area contributed by atoms with E-state index in [1.165, 1.54) is 0 Å². The van der Waals surface area contributed by atoms with E-state index in [1.807, 2.05) is 29.2 Å². The summed E-state index contributed by atoms with van der Waals surface area (Å²) < 4.78 is 0. The molecule has 2 saturated heterocycles. The van der Waals surface area contributed by atoms with Crippen LogP contribution < -0.4 is 11.1 Å². The highest BCUT2D eigenvalue weighted by Gasteiger charge is 2.46. The average Bonchev–Trinajstić information content (AvgIpc) is 2.70. The van der Waals surface area contributed by atoms with Crippen molar-refractivity contribution >= 4 is 11.6 Å². The van der Waals surface area contributed by atoms with Gasteiger partial charge in [-0.2, -0.15) is 0 Å². The number of amides is 1. The number of benzene rings is 1. The number of carbonyl (C=O) groups is 1. The minimum atomic E-state index is -0.0778. The number of likely N-dealkylation sites (tertiary alicyclic amines) is 1. The molecule has 0 aromatic heterocycles. The van der Waals surface area contributed by atoms with E-state index in [1.54, 1.807) is 0 Å². The van der Waals surface area contributed by atoms with Crippen LogP contribution in [0.15, 0.2) is 24.3 Å². The van der Waals surface area contributed by atoms with Gasteiger partial charge in [-0.25, -0.2) is 0 Å². The Balaban J connectivity index is 1.72. The number of hydrogen-bond donors (Lipinski definition) is 2. The molecule has 0 aliphatic carbocycles. The zero-order chi connectivity index (χ0) is 13.3. The summed E-state index contributed by atoms with van der Waals surface area (Å²) in [7, 11) is 0.